The van der Waals surface area contributed by atoms with E-state index in [0.29, 0.717) is 0 Å². The van der Waals surface area contributed by atoms with Gasteiger partial charge in [0.1, 0.15) is 0 Å². The molecule has 0 spiro atoms. The summed E-state index contributed by atoms with van der Waals surface area (Å²) in [4.78, 5) is 15.4. The highest BCUT2D eigenvalue weighted by atomic mass is 16.2. The number of hydrogen-bond acceptors (Lipinski definition) is 1. The van der Waals surface area contributed by atoms with Crippen LogP contribution in [0.15, 0.2) is 54.7 Å². The molecule has 2 heterocycles. The first kappa shape index (κ1) is 11.3. The number of fused-ring (bicyclic) bond motifs is 2. The zero-order valence-electron chi connectivity index (χ0n) is 10.9. The molecule has 1 aromatic heterocycles. The highest BCUT2D eigenvalue weighted by Gasteiger charge is 2.30. The molecule has 98 valence electrons. The number of nitrogens with one attached hydrogen (secondary N) is 2. The van der Waals surface area contributed by atoms with Crippen molar-refractivity contribution >= 4 is 22.5 Å². The number of amides is 1. The van der Waals surface area contributed by atoms with Crippen LogP contribution in [-0.2, 0) is 11.2 Å². The Hall–Kier alpha value is -2.55. The number of aromatic nitrogens is 1. The zero-order chi connectivity index (χ0) is 13.5. The lowest BCUT2D eigenvalue weighted by Gasteiger charge is -2.10. The molecular formula is C17H14N2O. The highest BCUT2D eigenvalue weighted by molar-refractivity contribution is 6.03. The van der Waals surface area contributed by atoms with Crippen LogP contribution in [0.1, 0.15) is 17.0 Å². The van der Waals surface area contributed by atoms with Crippen LogP contribution >= 0.6 is 0 Å². The number of rotatable bonds is 2. The third kappa shape index (κ3) is 1.63. The van der Waals surface area contributed by atoms with Crippen molar-refractivity contribution in [2.45, 2.75) is 12.3 Å². The van der Waals surface area contributed by atoms with Crippen LogP contribution in [0.3, 0.4) is 0 Å². The molecule has 3 heteroatoms. The molecule has 1 aliphatic heterocycles. The monoisotopic (exact) mass is 262 g/mol. The third-order valence-corrected chi connectivity index (χ3v) is 4.02. The topological polar surface area (TPSA) is 44.9 Å². The lowest BCUT2D eigenvalue weighted by atomic mass is 9.92. The molecule has 1 amide bonds. The van der Waals surface area contributed by atoms with Gasteiger partial charge in [0, 0.05) is 22.8 Å². The third-order valence-electron chi connectivity index (χ3n) is 4.02. The second kappa shape index (κ2) is 4.23. The second-order valence-corrected chi connectivity index (χ2v) is 5.19. The fourth-order valence-electron chi connectivity index (χ4n) is 3.03. The number of H-pyrrole nitrogens is 1. The number of hydrogen-bond donors (Lipinski definition) is 2. The Kier molecular flexibility index (Phi) is 2.39. The number of anilines is 1. The Morgan fingerprint density at radius 2 is 1.90 bits per heavy atom. The smallest absolute Gasteiger partial charge is 0.232 e. The lowest BCUT2D eigenvalue weighted by molar-refractivity contribution is -0.117. The molecule has 3 aromatic rings. The highest BCUT2D eigenvalue weighted by Crippen LogP contribution is 2.35. The first-order valence-corrected chi connectivity index (χ1v) is 6.78. The predicted molar refractivity (Wildman–Crippen MR) is 79.8 cm³/mol. The van der Waals surface area contributed by atoms with E-state index in [1.54, 1.807) is 0 Å². The summed E-state index contributed by atoms with van der Waals surface area (Å²) in [6, 6.07) is 16.2. The fourth-order valence-corrected chi connectivity index (χ4v) is 3.03. The van der Waals surface area contributed by atoms with E-state index in [-0.39, 0.29) is 11.8 Å². The van der Waals surface area contributed by atoms with Gasteiger partial charge in [0.15, 0.2) is 0 Å². The van der Waals surface area contributed by atoms with Crippen LogP contribution in [0.5, 0.6) is 0 Å². The normalized spacial score (nSPS) is 17.2. The van der Waals surface area contributed by atoms with Crippen molar-refractivity contribution in [3.8, 4) is 0 Å². The SMILES string of the molecule is O=C1Nc2ccccc2[C@@H]1Cc1cccc2[nH]ccc12. The second-order valence-electron chi connectivity index (χ2n) is 5.19. The van der Waals surface area contributed by atoms with Crippen LogP contribution in [0.2, 0.25) is 0 Å². The fraction of sp³-hybridized carbons (Fsp3) is 0.118. The van der Waals surface area contributed by atoms with Gasteiger partial charge in [-0.3, -0.25) is 4.79 Å². The maximum Gasteiger partial charge on any atom is 0.232 e. The molecule has 0 saturated carbocycles. The van der Waals surface area contributed by atoms with Gasteiger partial charge in [-0.05, 0) is 35.7 Å². The van der Waals surface area contributed by atoms with E-state index >= 15 is 0 Å². The summed E-state index contributed by atoms with van der Waals surface area (Å²) in [5, 5.41) is 4.16. The standard InChI is InChI=1S/C17H14N2O/c20-17-14(13-5-1-2-6-16(13)19-17)10-11-4-3-7-15-12(11)8-9-18-15/h1-9,14,18H,10H2,(H,19,20)/t14-/m0/s1. The molecule has 0 saturated heterocycles. The maximum atomic E-state index is 12.2. The Balaban J connectivity index is 1.76. The van der Waals surface area contributed by atoms with Crippen molar-refractivity contribution in [3.05, 3.63) is 65.9 Å². The van der Waals surface area contributed by atoms with Gasteiger partial charge in [-0.2, -0.15) is 0 Å². The van der Waals surface area contributed by atoms with Crippen molar-refractivity contribution in [1.82, 2.24) is 4.98 Å². The average Bonchev–Trinajstić information content (AvgIpc) is 3.05. The van der Waals surface area contributed by atoms with E-state index in [1.807, 2.05) is 36.5 Å². The van der Waals surface area contributed by atoms with Gasteiger partial charge in [0.25, 0.3) is 0 Å². The van der Waals surface area contributed by atoms with E-state index in [4.69, 9.17) is 0 Å². The van der Waals surface area contributed by atoms with Crippen molar-refractivity contribution < 1.29 is 4.79 Å². The summed E-state index contributed by atoms with van der Waals surface area (Å²) < 4.78 is 0. The first-order chi connectivity index (χ1) is 9.83. The summed E-state index contributed by atoms with van der Waals surface area (Å²) in [6.07, 6.45) is 2.68. The van der Waals surface area contributed by atoms with Gasteiger partial charge >= 0.3 is 0 Å². The molecule has 0 radical (unpaired) electrons. The molecule has 0 aliphatic carbocycles. The minimum absolute atomic E-state index is 0.0910. The van der Waals surface area contributed by atoms with Crippen molar-refractivity contribution in [2.75, 3.05) is 5.32 Å². The molecule has 2 N–H and O–H groups in total. The number of benzene rings is 2. The summed E-state index contributed by atoms with van der Waals surface area (Å²) in [7, 11) is 0. The molecule has 1 atom stereocenters. The van der Waals surface area contributed by atoms with Gasteiger partial charge in [-0.1, -0.05) is 30.3 Å². The molecule has 0 bridgehead atoms. The van der Waals surface area contributed by atoms with E-state index in [2.05, 4.69) is 28.5 Å². The van der Waals surface area contributed by atoms with Gasteiger partial charge in [0.05, 0.1) is 5.92 Å². The molecule has 1 aliphatic rings. The molecule has 0 fully saturated rings. The van der Waals surface area contributed by atoms with Gasteiger partial charge < -0.3 is 10.3 Å². The van der Waals surface area contributed by atoms with E-state index in [0.717, 1.165) is 23.2 Å². The molecule has 20 heavy (non-hydrogen) atoms. The zero-order valence-corrected chi connectivity index (χ0v) is 10.9. The van der Waals surface area contributed by atoms with Crippen molar-refractivity contribution in [2.24, 2.45) is 0 Å². The minimum Gasteiger partial charge on any atom is -0.361 e. The number of para-hydroxylation sites is 1. The average molecular weight is 262 g/mol. The summed E-state index contributed by atoms with van der Waals surface area (Å²) in [5.41, 5.74) is 4.38. The Morgan fingerprint density at radius 1 is 1.00 bits per heavy atom. The number of carbonyl (C=O) groups is 1. The van der Waals surface area contributed by atoms with Crippen LogP contribution in [0.25, 0.3) is 10.9 Å². The minimum atomic E-state index is -0.0910. The molecule has 2 aromatic carbocycles. The lowest BCUT2D eigenvalue weighted by Crippen LogP contribution is -2.14. The van der Waals surface area contributed by atoms with Crippen molar-refractivity contribution in [3.63, 3.8) is 0 Å². The van der Waals surface area contributed by atoms with E-state index in [9.17, 15) is 4.79 Å². The van der Waals surface area contributed by atoms with Crippen LogP contribution < -0.4 is 5.32 Å². The van der Waals surface area contributed by atoms with Crippen molar-refractivity contribution in [1.29, 1.82) is 0 Å². The first-order valence-electron chi connectivity index (χ1n) is 6.78. The Labute approximate surface area is 116 Å². The van der Waals surface area contributed by atoms with E-state index in [1.165, 1.54) is 10.9 Å². The maximum absolute atomic E-state index is 12.2. The van der Waals surface area contributed by atoms with Crippen LogP contribution in [0.4, 0.5) is 5.69 Å². The van der Waals surface area contributed by atoms with E-state index < -0.39 is 0 Å². The molecular weight excluding hydrogens is 248 g/mol. The molecule has 0 unspecified atom stereocenters. The number of aromatic amines is 1. The van der Waals surface area contributed by atoms with Gasteiger partial charge in [0.2, 0.25) is 5.91 Å². The number of carbonyl (C=O) groups excluding carboxylic acids is 1. The largest absolute Gasteiger partial charge is 0.361 e. The summed E-state index contributed by atoms with van der Waals surface area (Å²) >= 11 is 0. The van der Waals surface area contributed by atoms with Gasteiger partial charge in [-0.15, -0.1) is 0 Å². The molecule has 4 rings (SSSR count). The summed E-state index contributed by atoms with van der Waals surface area (Å²) in [5.74, 6) is 0.00504. The summed E-state index contributed by atoms with van der Waals surface area (Å²) in [6.45, 7) is 0. The quantitative estimate of drug-likeness (QED) is 0.730. The Bertz CT molecular complexity index is 803. The Morgan fingerprint density at radius 3 is 2.85 bits per heavy atom. The van der Waals surface area contributed by atoms with Crippen LogP contribution in [0, 0.1) is 0 Å². The predicted octanol–water partition coefficient (Wildman–Crippen LogP) is 3.45. The van der Waals surface area contributed by atoms with Gasteiger partial charge in [-0.25, -0.2) is 0 Å². The van der Waals surface area contributed by atoms with Crippen LogP contribution in [-0.4, -0.2) is 10.9 Å². The molecule has 3 nitrogen and oxygen atoms in total.